The number of fused-ring (bicyclic) bond motifs is 1. The van der Waals surface area contributed by atoms with E-state index in [0.717, 1.165) is 6.04 Å². The fraction of sp³-hybridized carbons (Fsp3) is 0.600. The molecule has 2 heteroatoms. The van der Waals surface area contributed by atoms with Gasteiger partial charge in [0.05, 0.1) is 0 Å². The monoisotopic (exact) mass is 247 g/mol. The first-order chi connectivity index (χ1) is 8.40. The lowest BCUT2D eigenvalue weighted by Gasteiger charge is -2.34. The Bertz CT molecular complexity index is 390. The minimum Gasteiger partial charge on any atom is -0.293 e. The highest BCUT2D eigenvalue weighted by molar-refractivity contribution is 7.98. The molecule has 0 amide bonds. The van der Waals surface area contributed by atoms with Gasteiger partial charge in [0.25, 0.3) is 0 Å². The van der Waals surface area contributed by atoms with E-state index in [1.54, 1.807) is 5.56 Å². The minimum atomic E-state index is 0.698. The molecule has 2 atom stereocenters. The van der Waals surface area contributed by atoms with Crippen LogP contribution in [0.3, 0.4) is 0 Å². The summed E-state index contributed by atoms with van der Waals surface area (Å²) < 4.78 is 0. The fourth-order valence-electron chi connectivity index (χ4n) is 3.54. The first-order valence-corrected chi connectivity index (χ1v) is 8.01. The van der Waals surface area contributed by atoms with Gasteiger partial charge in [-0.1, -0.05) is 24.6 Å². The normalized spacial score (nSPS) is 29.2. The molecule has 17 heavy (non-hydrogen) atoms. The molecule has 3 rings (SSSR count). The van der Waals surface area contributed by atoms with Crippen molar-refractivity contribution in [2.75, 3.05) is 12.8 Å². The molecule has 0 spiro atoms. The average molecular weight is 247 g/mol. The van der Waals surface area contributed by atoms with Crippen LogP contribution in [0.4, 0.5) is 0 Å². The smallest absolute Gasteiger partial charge is 0.0362 e. The predicted octanol–water partition coefficient (Wildman–Crippen LogP) is 4.10. The van der Waals surface area contributed by atoms with Crippen LogP contribution in [-0.4, -0.2) is 23.7 Å². The zero-order valence-corrected chi connectivity index (χ0v) is 11.4. The molecular formula is C15H21NS. The molecule has 2 heterocycles. The van der Waals surface area contributed by atoms with E-state index in [1.165, 1.54) is 43.5 Å². The first kappa shape index (κ1) is 11.6. The van der Waals surface area contributed by atoms with Gasteiger partial charge in [-0.05, 0) is 50.1 Å². The minimum absolute atomic E-state index is 0.698. The molecule has 0 aliphatic carbocycles. The molecule has 1 nitrogen and oxygen atoms in total. The van der Waals surface area contributed by atoms with Crippen molar-refractivity contribution in [2.24, 2.45) is 0 Å². The highest BCUT2D eigenvalue weighted by Gasteiger charge is 2.36. The van der Waals surface area contributed by atoms with E-state index in [4.69, 9.17) is 0 Å². The molecule has 1 aromatic carbocycles. The van der Waals surface area contributed by atoms with Crippen LogP contribution in [0.5, 0.6) is 0 Å². The maximum Gasteiger partial charge on any atom is 0.0362 e. The van der Waals surface area contributed by atoms with E-state index in [2.05, 4.69) is 35.4 Å². The van der Waals surface area contributed by atoms with E-state index < -0.39 is 0 Å². The summed E-state index contributed by atoms with van der Waals surface area (Å²) in [6.45, 7) is 1.32. The lowest BCUT2D eigenvalue weighted by atomic mass is 10.0. The van der Waals surface area contributed by atoms with E-state index in [0.29, 0.717) is 6.04 Å². The van der Waals surface area contributed by atoms with Gasteiger partial charge in [0.1, 0.15) is 0 Å². The van der Waals surface area contributed by atoms with Crippen molar-refractivity contribution >= 4 is 11.8 Å². The number of piperidine rings is 1. The maximum atomic E-state index is 2.78. The second-order valence-corrected chi connectivity index (χ2v) is 6.07. The number of rotatable bonds is 2. The van der Waals surface area contributed by atoms with Crippen LogP contribution >= 0.6 is 11.8 Å². The van der Waals surface area contributed by atoms with Crippen LogP contribution in [0.1, 0.15) is 43.7 Å². The van der Waals surface area contributed by atoms with Crippen molar-refractivity contribution in [1.29, 1.82) is 0 Å². The highest BCUT2D eigenvalue weighted by Crippen LogP contribution is 2.42. The zero-order chi connectivity index (χ0) is 11.7. The number of nitrogens with zero attached hydrogens (tertiary/aromatic N) is 1. The van der Waals surface area contributed by atoms with Crippen molar-refractivity contribution in [3.8, 4) is 0 Å². The second kappa shape index (κ2) is 5.03. The highest BCUT2D eigenvalue weighted by atomic mass is 32.2. The number of hydrogen-bond donors (Lipinski definition) is 0. The molecule has 2 fully saturated rings. The van der Waals surface area contributed by atoms with Crippen LogP contribution in [0.15, 0.2) is 29.2 Å². The SMILES string of the molecule is CSc1ccccc1[C@H]1CC[C@H]2CCCCN21. The standard InChI is InChI=1S/C15H21NS/c1-17-15-8-3-2-7-13(15)14-10-9-12-6-4-5-11-16(12)14/h2-3,7-8,12,14H,4-6,9-11H2,1H3/t12-,14-/m1/s1. The van der Waals surface area contributed by atoms with Crippen molar-refractivity contribution in [1.82, 2.24) is 4.90 Å². The fourth-order valence-corrected chi connectivity index (χ4v) is 4.19. The Labute approximate surface area is 109 Å². The summed E-state index contributed by atoms with van der Waals surface area (Å²) in [5, 5.41) is 0. The largest absolute Gasteiger partial charge is 0.293 e. The molecule has 0 aromatic heterocycles. The van der Waals surface area contributed by atoms with Gasteiger partial charge in [0, 0.05) is 17.0 Å². The molecule has 0 N–H and O–H groups in total. The van der Waals surface area contributed by atoms with Gasteiger partial charge in [-0.25, -0.2) is 0 Å². The van der Waals surface area contributed by atoms with Crippen LogP contribution in [0.25, 0.3) is 0 Å². The van der Waals surface area contributed by atoms with Gasteiger partial charge in [-0.3, -0.25) is 4.90 Å². The van der Waals surface area contributed by atoms with E-state index in [-0.39, 0.29) is 0 Å². The summed E-state index contributed by atoms with van der Waals surface area (Å²) in [5.74, 6) is 0. The summed E-state index contributed by atoms with van der Waals surface area (Å²) in [4.78, 5) is 4.25. The van der Waals surface area contributed by atoms with Crippen molar-refractivity contribution < 1.29 is 0 Å². The van der Waals surface area contributed by atoms with Gasteiger partial charge in [-0.2, -0.15) is 0 Å². The van der Waals surface area contributed by atoms with Crippen LogP contribution < -0.4 is 0 Å². The summed E-state index contributed by atoms with van der Waals surface area (Å²) in [5.41, 5.74) is 1.57. The molecule has 1 aromatic rings. The lowest BCUT2D eigenvalue weighted by molar-refractivity contribution is 0.148. The Morgan fingerprint density at radius 3 is 2.88 bits per heavy atom. The molecule has 92 valence electrons. The van der Waals surface area contributed by atoms with E-state index in [1.807, 2.05) is 11.8 Å². The summed E-state index contributed by atoms with van der Waals surface area (Å²) >= 11 is 1.89. The topological polar surface area (TPSA) is 3.24 Å². The number of hydrogen-bond acceptors (Lipinski definition) is 2. The Kier molecular flexibility index (Phi) is 3.44. The summed E-state index contributed by atoms with van der Waals surface area (Å²) in [7, 11) is 0. The Hall–Kier alpha value is -0.470. The van der Waals surface area contributed by atoms with Crippen molar-refractivity contribution in [2.45, 2.75) is 49.1 Å². The lowest BCUT2D eigenvalue weighted by Crippen LogP contribution is -2.35. The van der Waals surface area contributed by atoms with Crippen LogP contribution in [0.2, 0.25) is 0 Å². The molecule has 2 saturated heterocycles. The third-order valence-corrected chi connectivity index (χ3v) is 5.16. The van der Waals surface area contributed by atoms with Crippen LogP contribution in [-0.2, 0) is 0 Å². The first-order valence-electron chi connectivity index (χ1n) is 6.79. The molecule has 0 saturated carbocycles. The average Bonchev–Trinajstić information content (AvgIpc) is 2.82. The van der Waals surface area contributed by atoms with Gasteiger partial charge in [-0.15, -0.1) is 11.8 Å². The van der Waals surface area contributed by atoms with Gasteiger partial charge >= 0.3 is 0 Å². The Balaban J connectivity index is 1.88. The molecule has 0 radical (unpaired) electrons. The molecule has 2 aliphatic rings. The van der Waals surface area contributed by atoms with Crippen LogP contribution in [0, 0.1) is 0 Å². The molecule has 2 aliphatic heterocycles. The van der Waals surface area contributed by atoms with E-state index >= 15 is 0 Å². The van der Waals surface area contributed by atoms with E-state index in [9.17, 15) is 0 Å². The third-order valence-electron chi connectivity index (χ3n) is 4.34. The second-order valence-electron chi connectivity index (χ2n) is 5.22. The summed E-state index contributed by atoms with van der Waals surface area (Å²) in [6.07, 6.45) is 9.24. The molecule has 0 unspecified atom stereocenters. The van der Waals surface area contributed by atoms with Gasteiger partial charge in [0.15, 0.2) is 0 Å². The predicted molar refractivity (Wildman–Crippen MR) is 74.5 cm³/mol. The Morgan fingerprint density at radius 2 is 2.00 bits per heavy atom. The molecule has 0 bridgehead atoms. The summed E-state index contributed by atoms with van der Waals surface area (Å²) in [6, 6.07) is 10.6. The Morgan fingerprint density at radius 1 is 1.12 bits per heavy atom. The van der Waals surface area contributed by atoms with Gasteiger partial charge < -0.3 is 0 Å². The number of benzene rings is 1. The zero-order valence-electron chi connectivity index (χ0n) is 10.6. The van der Waals surface area contributed by atoms with Crippen molar-refractivity contribution in [3.05, 3.63) is 29.8 Å². The van der Waals surface area contributed by atoms with Crippen molar-refractivity contribution in [3.63, 3.8) is 0 Å². The molecular weight excluding hydrogens is 226 g/mol. The number of thioether (sulfide) groups is 1. The van der Waals surface area contributed by atoms with Gasteiger partial charge in [0.2, 0.25) is 0 Å². The third kappa shape index (κ3) is 2.13. The quantitative estimate of drug-likeness (QED) is 0.724. The maximum absolute atomic E-state index is 2.78.